The standard InChI is InChI=1S/C15H25NO4/c1-14(20)8-9-16(11-14)12(17)10-15(13(18)19)6-4-2-3-5-7-15/h20H,2-11H2,1H3,(H,18,19). The number of carbonyl (C=O) groups excluding carboxylic acids is 1. The van der Waals surface area contributed by atoms with Crippen LogP contribution < -0.4 is 0 Å². The molecule has 2 rings (SSSR count). The Morgan fingerprint density at radius 3 is 2.15 bits per heavy atom. The molecule has 0 bridgehead atoms. The van der Waals surface area contributed by atoms with E-state index in [4.69, 9.17) is 0 Å². The molecule has 20 heavy (non-hydrogen) atoms. The van der Waals surface area contributed by atoms with E-state index < -0.39 is 17.0 Å². The molecule has 1 aliphatic heterocycles. The van der Waals surface area contributed by atoms with Crippen LogP contribution in [0.15, 0.2) is 0 Å². The van der Waals surface area contributed by atoms with Crippen molar-refractivity contribution in [3.05, 3.63) is 0 Å². The highest BCUT2D eigenvalue weighted by atomic mass is 16.4. The zero-order chi connectivity index (χ0) is 14.8. The molecule has 1 saturated carbocycles. The molecule has 114 valence electrons. The number of hydrogen-bond donors (Lipinski definition) is 2. The number of carboxylic acid groups (broad SMARTS) is 1. The second kappa shape index (κ2) is 5.72. The minimum atomic E-state index is -0.887. The maximum Gasteiger partial charge on any atom is 0.310 e. The topological polar surface area (TPSA) is 77.8 Å². The van der Waals surface area contributed by atoms with Gasteiger partial charge in [0.1, 0.15) is 0 Å². The number of rotatable bonds is 3. The quantitative estimate of drug-likeness (QED) is 0.774. The van der Waals surface area contributed by atoms with Gasteiger partial charge in [-0.05, 0) is 26.2 Å². The fourth-order valence-electron chi connectivity index (χ4n) is 3.43. The molecule has 2 aliphatic rings. The number of nitrogens with zero attached hydrogens (tertiary/aromatic N) is 1. The fraction of sp³-hybridized carbons (Fsp3) is 0.867. The van der Waals surface area contributed by atoms with Crippen LogP contribution in [0, 0.1) is 5.41 Å². The van der Waals surface area contributed by atoms with Crippen LogP contribution in [0.25, 0.3) is 0 Å². The van der Waals surface area contributed by atoms with Crippen LogP contribution in [0.2, 0.25) is 0 Å². The summed E-state index contributed by atoms with van der Waals surface area (Å²) >= 11 is 0. The number of aliphatic carboxylic acids is 1. The number of carbonyl (C=O) groups is 2. The first-order chi connectivity index (χ1) is 9.35. The third kappa shape index (κ3) is 3.32. The van der Waals surface area contributed by atoms with Crippen LogP contribution in [0.4, 0.5) is 0 Å². The first kappa shape index (κ1) is 15.3. The van der Waals surface area contributed by atoms with Crippen LogP contribution in [0.1, 0.15) is 58.3 Å². The van der Waals surface area contributed by atoms with Gasteiger partial charge in [0.05, 0.1) is 11.0 Å². The third-order valence-corrected chi connectivity index (χ3v) is 4.81. The van der Waals surface area contributed by atoms with Crippen LogP contribution in [-0.4, -0.2) is 45.7 Å². The average molecular weight is 283 g/mol. The number of amides is 1. The number of carboxylic acids is 1. The van der Waals surface area contributed by atoms with E-state index in [1.165, 1.54) is 0 Å². The lowest BCUT2D eigenvalue weighted by Crippen LogP contribution is -2.40. The van der Waals surface area contributed by atoms with Crippen molar-refractivity contribution >= 4 is 11.9 Å². The lowest BCUT2D eigenvalue weighted by Gasteiger charge is -2.29. The number of hydrogen-bond acceptors (Lipinski definition) is 3. The van der Waals surface area contributed by atoms with Crippen LogP contribution >= 0.6 is 0 Å². The minimum absolute atomic E-state index is 0.0818. The van der Waals surface area contributed by atoms with E-state index in [1.807, 2.05) is 0 Å². The second-order valence-electron chi connectivity index (χ2n) is 6.74. The molecule has 0 aromatic rings. The van der Waals surface area contributed by atoms with Crippen molar-refractivity contribution in [2.75, 3.05) is 13.1 Å². The molecule has 5 nitrogen and oxygen atoms in total. The molecule has 1 heterocycles. The summed E-state index contributed by atoms with van der Waals surface area (Å²) in [5.41, 5.74) is -1.71. The Hall–Kier alpha value is -1.10. The molecule has 0 aromatic heterocycles. The zero-order valence-electron chi connectivity index (χ0n) is 12.2. The van der Waals surface area contributed by atoms with Crippen molar-refractivity contribution in [3.63, 3.8) is 0 Å². The van der Waals surface area contributed by atoms with Crippen molar-refractivity contribution in [1.82, 2.24) is 4.90 Å². The summed E-state index contributed by atoms with van der Waals surface area (Å²) in [6.45, 7) is 2.57. The van der Waals surface area contributed by atoms with Gasteiger partial charge in [-0.15, -0.1) is 0 Å². The largest absolute Gasteiger partial charge is 0.481 e. The maximum atomic E-state index is 12.4. The summed E-state index contributed by atoms with van der Waals surface area (Å²) in [5.74, 6) is -0.953. The maximum absolute atomic E-state index is 12.4. The summed E-state index contributed by atoms with van der Waals surface area (Å²) in [6.07, 6.45) is 5.73. The van der Waals surface area contributed by atoms with E-state index in [0.717, 1.165) is 25.7 Å². The molecular formula is C15H25NO4. The molecule has 1 saturated heterocycles. The summed E-state index contributed by atoms with van der Waals surface area (Å²) in [5, 5.41) is 19.5. The number of aliphatic hydroxyl groups is 1. The van der Waals surface area contributed by atoms with Gasteiger partial charge >= 0.3 is 5.97 Å². The van der Waals surface area contributed by atoms with Crippen molar-refractivity contribution in [3.8, 4) is 0 Å². The highest BCUT2D eigenvalue weighted by molar-refractivity contribution is 5.85. The summed E-state index contributed by atoms with van der Waals surface area (Å²) < 4.78 is 0. The monoisotopic (exact) mass is 283 g/mol. The van der Waals surface area contributed by atoms with Crippen LogP contribution in [0.3, 0.4) is 0 Å². The molecule has 0 spiro atoms. The molecule has 1 unspecified atom stereocenters. The van der Waals surface area contributed by atoms with Crippen LogP contribution in [0.5, 0.6) is 0 Å². The van der Waals surface area contributed by atoms with E-state index in [1.54, 1.807) is 11.8 Å². The van der Waals surface area contributed by atoms with Crippen LogP contribution in [-0.2, 0) is 9.59 Å². The smallest absolute Gasteiger partial charge is 0.310 e. The Balaban J connectivity index is 2.04. The van der Waals surface area contributed by atoms with E-state index >= 15 is 0 Å². The van der Waals surface area contributed by atoms with Crippen molar-refractivity contribution in [1.29, 1.82) is 0 Å². The number of likely N-dealkylation sites (tertiary alicyclic amines) is 1. The van der Waals surface area contributed by atoms with Gasteiger partial charge in [-0.2, -0.15) is 0 Å². The molecule has 0 radical (unpaired) electrons. The average Bonchev–Trinajstić information content (AvgIpc) is 2.60. The molecule has 1 aliphatic carbocycles. The summed E-state index contributed by atoms with van der Waals surface area (Å²) in [6, 6.07) is 0. The van der Waals surface area contributed by atoms with E-state index in [2.05, 4.69) is 0 Å². The van der Waals surface area contributed by atoms with Crippen molar-refractivity contribution in [2.24, 2.45) is 5.41 Å². The van der Waals surface area contributed by atoms with Gasteiger partial charge < -0.3 is 15.1 Å². The Kier molecular flexibility index (Phi) is 4.37. The van der Waals surface area contributed by atoms with Gasteiger partial charge in [-0.3, -0.25) is 9.59 Å². The lowest BCUT2D eigenvalue weighted by molar-refractivity contribution is -0.154. The highest BCUT2D eigenvalue weighted by Crippen LogP contribution is 2.39. The molecule has 1 amide bonds. The SMILES string of the molecule is CC1(O)CCN(C(=O)CC2(C(=O)O)CCCCCC2)C1. The zero-order valence-corrected chi connectivity index (χ0v) is 12.2. The molecule has 1 atom stereocenters. The molecule has 2 N–H and O–H groups in total. The lowest BCUT2D eigenvalue weighted by atomic mass is 9.77. The normalized spacial score (nSPS) is 30.0. The summed E-state index contributed by atoms with van der Waals surface area (Å²) in [4.78, 5) is 25.7. The predicted octanol–water partition coefficient (Wildman–Crippen LogP) is 1.78. The highest BCUT2D eigenvalue weighted by Gasteiger charge is 2.43. The fourth-order valence-corrected chi connectivity index (χ4v) is 3.43. The van der Waals surface area contributed by atoms with Gasteiger partial charge in [0, 0.05) is 19.5 Å². The third-order valence-electron chi connectivity index (χ3n) is 4.81. The first-order valence-corrected chi connectivity index (χ1v) is 7.58. The van der Waals surface area contributed by atoms with E-state index in [9.17, 15) is 19.8 Å². The second-order valence-corrected chi connectivity index (χ2v) is 6.74. The van der Waals surface area contributed by atoms with E-state index in [-0.39, 0.29) is 12.3 Å². The Morgan fingerprint density at radius 2 is 1.70 bits per heavy atom. The predicted molar refractivity (Wildman–Crippen MR) is 74.2 cm³/mol. The van der Waals surface area contributed by atoms with Gasteiger partial charge in [-0.1, -0.05) is 25.7 Å². The van der Waals surface area contributed by atoms with Gasteiger partial charge in [0.2, 0.25) is 5.91 Å². The Morgan fingerprint density at radius 1 is 1.10 bits per heavy atom. The van der Waals surface area contributed by atoms with Gasteiger partial charge in [0.25, 0.3) is 0 Å². The number of β-amino-alcohol motifs (C(OH)–C–C–N with tert-alkyl or cyclic N) is 1. The minimum Gasteiger partial charge on any atom is -0.481 e. The summed E-state index contributed by atoms with van der Waals surface area (Å²) in [7, 11) is 0. The van der Waals surface area contributed by atoms with Crippen molar-refractivity contribution in [2.45, 2.75) is 63.9 Å². The Bertz CT molecular complexity index is 383. The van der Waals surface area contributed by atoms with Gasteiger partial charge in [0.15, 0.2) is 0 Å². The molecule has 2 fully saturated rings. The molecule has 0 aromatic carbocycles. The molecule has 5 heteroatoms. The molecular weight excluding hydrogens is 258 g/mol. The Labute approximate surface area is 120 Å². The van der Waals surface area contributed by atoms with Crippen molar-refractivity contribution < 1.29 is 19.8 Å². The van der Waals surface area contributed by atoms with E-state index in [0.29, 0.717) is 32.4 Å². The first-order valence-electron chi connectivity index (χ1n) is 7.58. The van der Waals surface area contributed by atoms with Gasteiger partial charge in [-0.25, -0.2) is 0 Å².